The first-order chi connectivity index (χ1) is 38.5. The highest BCUT2D eigenvalue weighted by molar-refractivity contribution is 5.76. The molecule has 0 saturated heterocycles. The normalized spacial score (nSPS) is 12.5. The quantitative estimate of drug-likeness (QED) is 0.0320. The monoisotopic (exact) mass is 1100 g/mol. The van der Waals surface area contributed by atoms with Crippen LogP contribution in [-0.4, -0.2) is 47.4 Å². The van der Waals surface area contributed by atoms with Crippen LogP contribution in [0.25, 0.3) is 0 Å². The maximum absolute atomic E-state index is 12.5. The predicted molar refractivity (Wildman–Crippen MR) is 343 cm³/mol. The van der Waals surface area contributed by atoms with Crippen LogP contribution in [0.2, 0.25) is 0 Å². The van der Waals surface area contributed by atoms with Gasteiger partial charge in [-0.3, -0.25) is 9.59 Å². The van der Waals surface area contributed by atoms with Gasteiger partial charge in [0.2, 0.25) is 5.91 Å². The van der Waals surface area contributed by atoms with E-state index < -0.39 is 12.1 Å². The highest BCUT2D eigenvalue weighted by Crippen LogP contribution is 2.19. The number of ether oxygens (including phenoxy) is 1. The van der Waals surface area contributed by atoms with Gasteiger partial charge in [0.15, 0.2) is 0 Å². The summed E-state index contributed by atoms with van der Waals surface area (Å²) in [6, 6.07) is -0.547. The molecule has 0 aromatic heterocycles. The molecule has 0 radical (unpaired) electrons. The number of hydrogen-bond acceptors (Lipinski definition) is 5. The molecular formula is C72H141NO5. The Bertz CT molecular complexity index is 1180. The van der Waals surface area contributed by atoms with Crippen molar-refractivity contribution in [1.82, 2.24) is 5.32 Å². The van der Waals surface area contributed by atoms with E-state index in [2.05, 4.69) is 31.3 Å². The SMILES string of the molecule is CCCCCCCCCCCCCCCCCCCCCCCC(O)C(CO)NC(=O)CCCCCCCCC/C=C\CCCCCCCCCCCCCOC(=O)CCCCCCCCCCCCCCCCCCCC. The zero-order valence-electron chi connectivity index (χ0n) is 53.2. The molecule has 78 heavy (non-hydrogen) atoms. The zero-order valence-corrected chi connectivity index (χ0v) is 53.2. The molecule has 2 unspecified atom stereocenters. The van der Waals surface area contributed by atoms with E-state index in [9.17, 15) is 19.8 Å². The van der Waals surface area contributed by atoms with Gasteiger partial charge in [0, 0.05) is 12.8 Å². The van der Waals surface area contributed by atoms with Crippen molar-refractivity contribution in [2.45, 2.75) is 424 Å². The average Bonchev–Trinajstić information content (AvgIpc) is 3.44. The van der Waals surface area contributed by atoms with E-state index in [1.165, 1.54) is 340 Å². The third kappa shape index (κ3) is 63.8. The minimum atomic E-state index is -0.669. The Morgan fingerprint density at radius 3 is 0.910 bits per heavy atom. The Morgan fingerprint density at radius 1 is 0.346 bits per heavy atom. The first-order valence-electron chi connectivity index (χ1n) is 35.9. The van der Waals surface area contributed by atoms with Crippen LogP contribution in [0.1, 0.15) is 412 Å². The van der Waals surface area contributed by atoms with E-state index in [0.29, 0.717) is 25.9 Å². The summed E-state index contributed by atoms with van der Waals surface area (Å²) in [5.74, 6) is -0.0214. The maximum Gasteiger partial charge on any atom is 0.305 e. The number of esters is 1. The van der Waals surface area contributed by atoms with Gasteiger partial charge >= 0.3 is 5.97 Å². The molecule has 0 aromatic rings. The molecule has 6 nitrogen and oxygen atoms in total. The van der Waals surface area contributed by atoms with Crippen LogP contribution in [-0.2, 0) is 14.3 Å². The van der Waals surface area contributed by atoms with Gasteiger partial charge in [0.1, 0.15) is 0 Å². The number of aliphatic hydroxyl groups is 2. The van der Waals surface area contributed by atoms with Crippen LogP contribution in [0.3, 0.4) is 0 Å². The third-order valence-corrected chi connectivity index (χ3v) is 17.1. The number of unbranched alkanes of at least 4 members (excludes halogenated alkanes) is 55. The van der Waals surface area contributed by atoms with Crippen LogP contribution in [0.15, 0.2) is 12.2 Å². The maximum atomic E-state index is 12.5. The Morgan fingerprint density at radius 2 is 0.603 bits per heavy atom. The van der Waals surface area contributed by atoms with Crippen molar-refractivity contribution < 1.29 is 24.5 Å². The molecule has 0 fully saturated rings. The zero-order chi connectivity index (χ0) is 56.4. The molecule has 2 atom stereocenters. The summed E-state index contributed by atoms with van der Waals surface area (Å²) in [5.41, 5.74) is 0. The van der Waals surface area contributed by atoms with E-state index in [4.69, 9.17) is 4.74 Å². The van der Waals surface area contributed by atoms with Gasteiger partial charge in [0.25, 0.3) is 0 Å². The molecule has 0 heterocycles. The van der Waals surface area contributed by atoms with Crippen molar-refractivity contribution in [3.63, 3.8) is 0 Å². The van der Waals surface area contributed by atoms with Crippen molar-refractivity contribution in [2.24, 2.45) is 0 Å². The summed E-state index contributed by atoms with van der Waals surface area (Å²) >= 11 is 0. The smallest absolute Gasteiger partial charge is 0.305 e. The van der Waals surface area contributed by atoms with Crippen LogP contribution in [0.5, 0.6) is 0 Å². The van der Waals surface area contributed by atoms with Crippen molar-refractivity contribution in [1.29, 1.82) is 0 Å². The summed E-state index contributed by atoms with van der Waals surface area (Å²) in [6.07, 6.45) is 84.0. The van der Waals surface area contributed by atoms with Gasteiger partial charge < -0.3 is 20.3 Å². The summed E-state index contributed by atoms with van der Waals surface area (Å²) < 4.78 is 5.51. The van der Waals surface area contributed by atoms with Crippen LogP contribution in [0, 0.1) is 0 Å². The lowest BCUT2D eigenvalue weighted by Gasteiger charge is -2.22. The predicted octanol–water partition coefficient (Wildman–Crippen LogP) is 23.1. The number of hydrogen-bond donors (Lipinski definition) is 3. The van der Waals surface area contributed by atoms with Crippen molar-refractivity contribution in [3.05, 3.63) is 12.2 Å². The van der Waals surface area contributed by atoms with Gasteiger partial charge in [0.05, 0.1) is 25.4 Å². The molecule has 0 saturated carbocycles. The van der Waals surface area contributed by atoms with Crippen LogP contribution in [0.4, 0.5) is 0 Å². The van der Waals surface area contributed by atoms with Gasteiger partial charge in [-0.1, -0.05) is 360 Å². The van der Waals surface area contributed by atoms with Gasteiger partial charge in [-0.05, 0) is 51.4 Å². The number of amides is 1. The fourth-order valence-corrected chi connectivity index (χ4v) is 11.6. The highest BCUT2D eigenvalue weighted by atomic mass is 16.5. The van der Waals surface area contributed by atoms with E-state index in [-0.39, 0.29) is 18.5 Å². The molecule has 0 bridgehead atoms. The van der Waals surface area contributed by atoms with Gasteiger partial charge in [-0.15, -0.1) is 0 Å². The summed E-state index contributed by atoms with van der Waals surface area (Å²) in [7, 11) is 0. The third-order valence-electron chi connectivity index (χ3n) is 17.1. The molecule has 0 aliphatic rings. The number of carbonyl (C=O) groups is 2. The molecule has 0 rings (SSSR count). The van der Waals surface area contributed by atoms with Crippen LogP contribution < -0.4 is 5.32 Å². The number of aliphatic hydroxyl groups excluding tert-OH is 2. The Kier molecular flexibility index (Phi) is 66.9. The topological polar surface area (TPSA) is 95.9 Å². The van der Waals surface area contributed by atoms with E-state index in [1.807, 2.05) is 0 Å². The highest BCUT2D eigenvalue weighted by Gasteiger charge is 2.20. The largest absolute Gasteiger partial charge is 0.466 e. The molecule has 0 aromatic carbocycles. The molecule has 6 heteroatoms. The Labute approximate surface area is 489 Å². The van der Waals surface area contributed by atoms with E-state index >= 15 is 0 Å². The lowest BCUT2D eigenvalue weighted by molar-refractivity contribution is -0.143. The lowest BCUT2D eigenvalue weighted by atomic mass is 10.0. The molecule has 1 amide bonds. The second kappa shape index (κ2) is 68.1. The van der Waals surface area contributed by atoms with Crippen molar-refractivity contribution >= 4 is 11.9 Å². The summed E-state index contributed by atoms with van der Waals surface area (Å²) in [4.78, 5) is 24.7. The number of carbonyl (C=O) groups excluding carboxylic acids is 2. The fraction of sp³-hybridized carbons (Fsp3) is 0.944. The average molecular weight is 1100 g/mol. The summed E-state index contributed by atoms with van der Waals surface area (Å²) in [5, 5.41) is 23.4. The molecule has 0 aliphatic carbocycles. The van der Waals surface area contributed by atoms with Gasteiger partial charge in [-0.25, -0.2) is 0 Å². The lowest BCUT2D eigenvalue weighted by Crippen LogP contribution is -2.45. The summed E-state index contributed by atoms with van der Waals surface area (Å²) in [6.45, 7) is 5.00. The molecule has 464 valence electrons. The van der Waals surface area contributed by atoms with E-state index in [0.717, 1.165) is 38.5 Å². The second-order valence-corrected chi connectivity index (χ2v) is 24.9. The van der Waals surface area contributed by atoms with Crippen molar-refractivity contribution in [2.75, 3.05) is 13.2 Å². The van der Waals surface area contributed by atoms with E-state index in [1.54, 1.807) is 0 Å². The van der Waals surface area contributed by atoms with Crippen molar-refractivity contribution in [3.8, 4) is 0 Å². The Balaban J connectivity index is 3.39. The molecular weight excluding hydrogens is 959 g/mol. The second-order valence-electron chi connectivity index (χ2n) is 24.9. The minimum Gasteiger partial charge on any atom is -0.466 e. The number of rotatable bonds is 68. The fourth-order valence-electron chi connectivity index (χ4n) is 11.6. The van der Waals surface area contributed by atoms with Gasteiger partial charge in [-0.2, -0.15) is 0 Å². The molecule has 3 N–H and O–H groups in total. The molecule has 0 spiro atoms. The first-order valence-corrected chi connectivity index (χ1v) is 35.9. The minimum absolute atomic E-state index is 0.0157. The molecule has 0 aliphatic heterocycles. The first kappa shape index (κ1) is 76.6. The number of allylic oxidation sites excluding steroid dienone is 2. The number of nitrogens with one attached hydrogen (secondary N) is 1. The Hall–Kier alpha value is -1.40. The standard InChI is InChI=1S/C72H141NO5/c1-3-5-7-9-11-13-15-17-19-21-23-26-29-32-36-40-44-48-52-56-60-64-70(75)69(68-74)73-71(76)65-61-57-53-49-45-41-37-33-30-27-24-25-28-31-35-39-43-47-51-55-59-63-67-78-72(77)66-62-58-54-50-46-42-38-34-22-20-18-16-14-12-10-8-6-4-2/h27,30,69-70,74-75H,3-26,28-29,31-68H2,1-2H3,(H,73,76)/b30-27-. The van der Waals surface area contributed by atoms with Crippen LogP contribution >= 0.6 is 0 Å².